The van der Waals surface area contributed by atoms with Crippen molar-refractivity contribution in [2.45, 2.75) is 6.92 Å². The fourth-order valence-electron chi connectivity index (χ4n) is 1.20. The molecule has 0 aliphatic heterocycles. The molecule has 0 saturated heterocycles. The van der Waals surface area contributed by atoms with E-state index in [1.54, 1.807) is 0 Å². The van der Waals surface area contributed by atoms with E-state index in [-0.39, 0.29) is 10.0 Å². The number of halogens is 3. The zero-order valence-electron chi connectivity index (χ0n) is 9.25. The number of anilines is 1. The molecule has 18 heavy (non-hydrogen) atoms. The van der Waals surface area contributed by atoms with Crippen molar-refractivity contribution in [2.75, 3.05) is 5.43 Å². The van der Waals surface area contributed by atoms with Crippen LogP contribution < -0.4 is 5.43 Å². The van der Waals surface area contributed by atoms with Crippen LogP contribution in [0.15, 0.2) is 27.1 Å². The Morgan fingerprint density at radius 3 is 2.89 bits per heavy atom. The Kier molecular flexibility index (Phi) is 4.03. The Labute approximate surface area is 115 Å². The average Bonchev–Trinajstić information content (AvgIpc) is 2.75. The van der Waals surface area contributed by atoms with E-state index in [2.05, 4.69) is 31.4 Å². The van der Waals surface area contributed by atoms with Gasteiger partial charge in [0.15, 0.2) is 0 Å². The molecule has 3 nitrogen and oxygen atoms in total. The van der Waals surface area contributed by atoms with Gasteiger partial charge < -0.3 is 0 Å². The lowest BCUT2D eigenvalue weighted by atomic mass is 10.2. The van der Waals surface area contributed by atoms with Crippen molar-refractivity contribution >= 4 is 38.6 Å². The highest BCUT2D eigenvalue weighted by atomic mass is 79.9. The third kappa shape index (κ3) is 2.91. The second kappa shape index (κ2) is 5.53. The number of aryl methyl sites for hydroxylation is 1. The number of hydrogen-bond donors (Lipinski definition) is 1. The standard InChI is InChI=1S/C11H8BrF2N3S/c1-6-5-18-11(16-6)17-15-4-7-2-3-8(13)9(12)10(7)14/h2-5H,1H3,(H,16,17). The molecule has 0 radical (unpaired) electrons. The first-order chi connectivity index (χ1) is 8.58. The molecule has 1 aromatic carbocycles. The quantitative estimate of drug-likeness (QED) is 0.525. The Morgan fingerprint density at radius 1 is 1.44 bits per heavy atom. The molecule has 2 aromatic rings. The summed E-state index contributed by atoms with van der Waals surface area (Å²) in [5.41, 5.74) is 3.74. The summed E-state index contributed by atoms with van der Waals surface area (Å²) in [7, 11) is 0. The number of hydrogen-bond acceptors (Lipinski definition) is 4. The van der Waals surface area contributed by atoms with E-state index >= 15 is 0 Å². The molecule has 1 heterocycles. The summed E-state index contributed by atoms with van der Waals surface area (Å²) in [5, 5.41) is 6.33. The minimum Gasteiger partial charge on any atom is -0.253 e. The predicted molar refractivity (Wildman–Crippen MR) is 72.1 cm³/mol. The molecule has 2 rings (SSSR count). The predicted octanol–water partition coefficient (Wildman–Crippen LogP) is 3.94. The maximum Gasteiger partial charge on any atom is 0.203 e. The molecular formula is C11H8BrF2N3S. The van der Waals surface area contributed by atoms with E-state index in [0.29, 0.717) is 5.13 Å². The third-order valence-electron chi connectivity index (χ3n) is 2.05. The van der Waals surface area contributed by atoms with Gasteiger partial charge in [-0.2, -0.15) is 5.10 Å². The van der Waals surface area contributed by atoms with Gasteiger partial charge in [0.25, 0.3) is 0 Å². The van der Waals surface area contributed by atoms with Gasteiger partial charge >= 0.3 is 0 Å². The molecule has 0 bridgehead atoms. The fourth-order valence-corrected chi connectivity index (χ4v) is 2.20. The summed E-state index contributed by atoms with van der Waals surface area (Å²) < 4.78 is 26.4. The summed E-state index contributed by atoms with van der Waals surface area (Å²) in [6.07, 6.45) is 1.27. The van der Waals surface area contributed by atoms with Gasteiger partial charge in [-0.3, -0.25) is 5.43 Å². The largest absolute Gasteiger partial charge is 0.253 e. The van der Waals surface area contributed by atoms with Crippen LogP contribution >= 0.6 is 27.3 Å². The van der Waals surface area contributed by atoms with Crippen LogP contribution in [-0.4, -0.2) is 11.2 Å². The number of aromatic nitrogens is 1. The highest BCUT2D eigenvalue weighted by molar-refractivity contribution is 9.10. The van der Waals surface area contributed by atoms with Crippen molar-refractivity contribution in [2.24, 2.45) is 5.10 Å². The monoisotopic (exact) mass is 331 g/mol. The molecule has 1 aromatic heterocycles. The molecule has 0 fully saturated rings. The van der Waals surface area contributed by atoms with Crippen LogP contribution in [0.4, 0.5) is 13.9 Å². The van der Waals surface area contributed by atoms with E-state index in [0.717, 1.165) is 5.69 Å². The van der Waals surface area contributed by atoms with Crippen molar-refractivity contribution in [1.29, 1.82) is 0 Å². The zero-order valence-corrected chi connectivity index (χ0v) is 11.6. The molecule has 0 atom stereocenters. The van der Waals surface area contributed by atoms with Crippen molar-refractivity contribution < 1.29 is 8.78 Å². The second-order valence-corrected chi connectivity index (χ2v) is 5.08. The summed E-state index contributed by atoms with van der Waals surface area (Å²) in [6.45, 7) is 1.86. The van der Waals surface area contributed by atoms with Crippen LogP contribution in [0.2, 0.25) is 0 Å². The SMILES string of the molecule is Cc1csc(NN=Cc2ccc(F)c(Br)c2F)n1. The minimum atomic E-state index is -0.684. The number of rotatable bonds is 3. The lowest BCUT2D eigenvalue weighted by molar-refractivity contribution is 0.570. The third-order valence-corrected chi connectivity index (χ3v) is 3.64. The fraction of sp³-hybridized carbons (Fsp3) is 0.0909. The molecule has 1 N–H and O–H groups in total. The first-order valence-electron chi connectivity index (χ1n) is 4.92. The summed E-state index contributed by atoms with van der Waals surface area (Å²) in [4.78, 5) is 4.13. The van der Waals surface area contributed by atoms with Gasteiger partial charge in [0.2, 0.25) is 5.13 Å². The van der Waals surface area contributed by atoms with Gasteiger partial charge in [-0.05, 0) is 35.0 Å². The van der Waals surface area contributed by atoms with Gasteiger partial charge in [-0.1, -0.05) is 0 Å². The van der Waals surface area contributed by atoms with E-state index in [1.165, 1.54) is 29.7 Å². The van der Waals surface area contributed by atoms with Crippen molar-refractivity contribution in [3.63, 3.8) is 0 Å². The molecule has 0 saturated carbocycles. The molecule has 94 valence electrons. The molecular weight excluding hydrogens is 324 g/mol. The lowest BCUT2D eigenvalue weighted by Gasteiger charge is -2.00. The van der Waals surface area contributed by atoms with Gasteiger partial charge in [-0.25, -0.2) is 13.8 Å². The van der Waals surface area contributed by atoms with Crippen LogP contribution in [0, 0.1) is 18.6 Å². The topological polar surface area (TPSA) is 37.3 Å². The lowest BCUT2D eigenvalue weighted by Crippen LogP contribution is -1.95. The zero-order chi connectivity index (χ0) is 13.1. The number of nitrogens with one attached hydrogen (secondary N) is 1. The smallest absolute Gasteiger partial charge is 0.203 e. The molecule has 0 spiro atoms. The van der Waals surface area contributed by atoms with Crippen LogP contribution in [0.3, 0.4) is 0 Å². The highest BCUT2D eigenvalue weighted by Crippen LogP contribution is 2.21. The highest BCUT2D eigenvalue weighted by Gasteiger charge is 2.09. The Hall–Kier alpha value is -1.34. The summed E-state index contributed by atoms with van der Waals surface area (Å²) in [5.74, 6) is -1.33. The van der Waals surface area contributed by atoms with E-state index < -0.39 is 11.6 Å². The Bertz CT molecular complexity index is 598. The van der Waals surface area contributed by atoms with E-state index in [4.69, 9.17) is 0 Å². The van der Waals surface area contributed by atoms with E-state index in [1.807, 2.05) is 12.3 Å². The normalized spacial score (nSPS) is 11.1. The molecule has 0 aliphatic rings. The minimum absolute atomic E-state index is 0.184. The molecule has 0 unspecified atom stereocenters. The van der Waals surface area contributed by atoms with Gasteiger partial charge in [0.05, 0.1) is 16.4 Å². The number of nitrogens with zero attached hydrogens (tertiary/aromatic N) is 2. The van der Waals surface area contributed by atoms with Crippen LogP contribution in [-0.2, 0) is 0 Å². The van der Waals surface area contributed by atoms with Crippen LogP contribution in [0.5, 0.6) is 0 Å². The summed E-state index contributed by atoms with van der Waals surface area (Å²) >= 11 is 4.22. The average molecular weight is 332 g/mol. The van der Waals surface area contributed by atoms with Crippen molar-refractivity contribution in [3.8, 4) is 0 Å². The molecule has 0 aliphatic carbocycles. The number of benzene rings is 1. The van der Waals surface area contributed by atoms with Crippen LogP contribution in [0.25, 0.3) is 0 Å². The van der Waals surface area contributed by atoms with Gasteiger partial charge in [0.1, 0.15) is 11.6 Å². The van der Waals surface area contributed by atoms with Crippen LogP contribution in [0.1, 0.15) is 11.3 Å². The first-order valence-corrected chi connectivity index (χ1v) is 6.60. The summed E-state index contributed by atoms with van der Waals surface area (Å²) in [6, 6.07) is 2.48. The number of hydrazone groups is 1. The first kappa shape index (κ1) is 13.1. The Morgan fingerprint density at radius 2 is 2.22 bits per heavy atom. The second-order valence-electron chi connectivity index (χ2n) is 3.43. The van der Waals surface area contributed by atoms with E-state index in [9.17, 15) is 8.78 Å². The molecule has 7 heteroatoms. The maximum absolute atomic E-state index is 13.6. The molecule has 0 amide bonds. The Balaban J connectivity index is 2.12. The maximum atomic E-state index is 13.6. The van der Waals surface area contributed by atoms with Gasteiger partial charge in [-0.15, -0.1) is 11.3 Å². The van der Waals surface area contributed by atoms with Gasteiger partial charge in [0, 0.05) is 10.9 Å². The van der Waals surface area contributed by atoms with Crippen molar-refractivity contribution in [1.82, 2.24) is 4.98 Å². The number of thiazole rings is 1. The van der Waals surface area contributed by atoms with Crippen molar-refractivity contribution in [3.05, 3.63) is 44.9 Å².